The van der Waals surface area contributed by atoms with Crippen LogP contribution in [0.5, 0.6) is 23.0 Å². The molecule has 5 rings (SSSR count). The molecule has 0 fully saturated rings. The number of aromatic nitrogens is 2. The zero-order valence-corrected chi connectivity index (χ0v) is 20.4. The molecule has 8 heteroatoms. The van der Waals surface area contributed by atoms with Crippen LogP contribution in [-0.4, -0.2) is 43.1 Å². The van der Waals surface area contributed by atoms with Gasteiger partial charge in [0.2, 0.25) is 0 Å². The van der Waals surface area contributed by atoms with Crippen LogP contribution in [0.4, 0.5) is 0 Å². The van der Waals surface area contributed by atoms with Crippen LogP contribution in [-0.2, 0) is 0 Å². The fraction of sp³-hybridized carbons (Fsp3) is 0.214. The second kappa shape index (κ2) is 10.0. The number of carbonyl (C=O) groups is 1. The molecule has 1 aromatic heterocycles. The summed E-state index contributed by atoms with van der Waals surface area (Å²) in [6.07, 6.45) is 1.73. The molecule has 4 aromatic rings. The van der Waals surface area contributed by atoms with Crippen molar-refractivity contribution in [3.63, 3.8) is 0 Å². The van der Waals surface area contributed by atoms with Gasteiger partial charge in [0.05, 0.1) is 31.5 Å². The Morgan fingerprint density at radius 2 is 1.75 bits per heavy atom. The summed E-state index contributed by atoms with van der Waals surface area (Å²) in [4.78, 5) is 13.6. The maximum atomic E-state index is 13.6. The van der Waals surface area contributed by atoms with Crippen LogP contribution >= 0.6 is 0 Å². The van der Waals surface area contributed by atoms with Crippen LogP contribution in [0.3, 0.4) is 0 Å². The van der Waals surface area contributed by atoms with Crippen molar-refractivity contribution in [2.75, 3.05) is 27.4 Å². The number of fused-ring (bicyclic) bond motifs is 1. The number of rotatable bonds is 7. The second-order valence-corrected chi connectivity index (χ2v) is 8.34. The Morgan fingerprint density at radius 3 is 2.50 bits per heavy atom. The van der Waals surface area contributed by atoms with Crippen molar-refractivity contribution in [2.24, 2.45) is 0 Å². The summed E-state index contributed by atoms with van der Waals surface area (Å²) in [5.74, 6) is 2.34. The predicted molar refractivity (Wildman–Crippen MR) is 135 cm³/mol. The Balaban J connectivity index is 1.52. The number of ether oxygens (including phenoxy) is 4. The molecular formula is C28H27N3O5. The van der Waals surface area contributed by atoms with Crippen LogP contribution < -0.4 is 24.3 Å². The summed E-state index contributed by atoms with van der Waals surface area (Å²) in [5.41, 5.74) is 3.29. The second-order valence-electron chi connectivity index (χ2n) is 8.34. The quantitative estimate of drug-likeness (QED) is 0.404. The van der Waals surface area contributed by atoms with E-state index in [0.29, 0.717) is 53.0 Å². The summed E-state index contributed by atoms with van der Waals surface area (Å²) >= 11 is 0. The third-order valence-electron chi connectivity index (χ3n) is 6.06. The zero-order valence-electron chi connectivity index (χ0n) is 20.4. The third kappa shape index (κ3) is 4.57. The molecule has 1 amide bonds. The van der Waals surface area contributed by atoms with E-state index in [1.807, 2.05) is 61.5 Å². The van der Waals surface area contributed by atoms with Gasteiger partial charge in [-0.25, -0.2) is 4.68 Å². The predicted octanol–water partition coefficient (Wildman–Crippen LogP) is 4.82. The van der Waals surface area contributed by atoms with Crippen LogP contribution in [0, 0.1) is 0 Å². The average Bonchev–Trinajstić information content (AvgIpc) is 3.38. The van der Waals surface area contributed by atoms with Crippen LogP contribution in [0.2, 0.25) is 0 Å². The number of hydrogen-bond acceptors (Lipinski definition) is 6. The fourth-order valence-corrected chi connectivity index (χ4v) is 4.14. The minimum absolute atomic E-state index is 0.264. The van der Waals surface area contributed by atoms with Gasteiger partial charge in [-0.2, -0.15) is 5.10 Å². The topological polar surface area (TPSA) is 83.8 Å². The van der Waals surface area contributed by atoms with Crippen LogP contribution in [0.1, 0.15) is 28.9 Å². The van der Waals surface area contributed by atoms with Gasteiger partial charge < -0.3 is 24.3 Å². The molecule has 0 radical (unpaired) electrons. The van der Waals surface area contributed by atoms with Crippen molar-refractivity contribution in [2.45, 2.75) is 13.0 Å². The van der Waals surface area contributed by atoms with E-state index in [0.717, 1.165) is 11.3 Å². The molecule has 3 aromatic carbocycles. The first-order valence-corrected chi connectivity index (χ1v) is 11.7. The smallest absolute Gasteiger partial charge is 0.255 e. The summed E-state index contributed by atoms with van der Waals surface area (Å²) in [5, 5.41) is 7.88. The SMILES string of the molecule is COc1ccc(OC)c(-c2nn(-c3ccccc3)cc2C(=O)N[C@@H](C)c2ccc3c(c2)OCCO3)c1. The van der Waals surface area contributed by atoms with Crippen molar-refractivity contribution in [1.82, 2.24) is 15.1 Å². The van der Waals surface area contributed by atoms with Gasteiger partial charge in [-0.15, -0.1) is 0 Å². The molecule has 0 spiro atoms. The van der Waals surface area contributed by atoms with Gasteiger partial charge in [-0.05, 0) is 55.0 Å². The lowest BCUT2D eigenvalue weighted by molar-refractivity contribution is 0.0940. The minimum Gasteiger partial charge on any atom is -0.497 e. The maximum absolute atomic E-state index is 13.6. The van der Waals surface area contributed by atoms with Gasteiger partial charge in [0, 0.05) is 11.8 Å². The molecule has 1 aliphatic rings. The Morgan fingerprint density at radius 1 is 0.972 bits per heavy atom. The van der Waals surface area contributed by atoms with Crippen molar-refractivity contribution in [3.8, 4) is 39.9 Å². The van der Waals surface area contributed by atoms with Gasteiger partial charge in [-0.1, -0.05) is 24.3 Å². The first kappa shape index (κ1) is 23.3. The lowest BCUT2D eigenvalue weighted by Crippen LogP contribution is -2.27. The normalized spacial score (nSPS) is 13.1. The number of nitrogens with one attached hydrogen (secondary N) is 1. The van der Waals surface area contributed by atoms with E-state index in [9.17, 15) is 4.79 Å². The Kier molecular flexibility index (Phi) is 6.49. The van der Waals surface area contributed by atoms with E-state index < -0.39 is 0 Å². The van der Waals surface area contributed by atoms with Crippen molar-refractivity contribution < 1.29 is 23.7 Å². The van der Waals surface area contributed by atoms with Gasteiger partial charge in [0.15, 0.2) is 11.5 Å². The maximum Gasteiger partial charge on any atom is 0.255 e. The molecular weight excluding hydrogens is 458 g/mol. The Bertz CT molecular complexity index is 1380. The molecule has 0 unspecified atom stereocenters. The summed E-state index contributed by atoms with van der Waals surface area (Å²) in [7, 11) is 3.18. The Hall–Kier alpha value is -4.46. The molecule has 0 bridgehead atoms. The molecule has 1 N–H and O–H groups in total. The van der Waals surface area contributed by atoms with E-state index in [2.05, 4.69) is 5.32 Å². The summed E-state index contributed by atoms with van der Waals surface area (Å²) in [6.45, 7) is 2.96. The highest BCUT2D eigenvalue weighted by atomic mass is 16.6. The number of hydrogen-bond donors (Lipinski definition) is 1. The molecule has 0 aliphatic carbocycles. The van der Waals surface area contributed by atoms with Crippen molar-refractivity contribution in [3.05, 3.63) is 84.1 Å². The standard InChI is InChI=1S/C28H27N3O5/c1-18(19-9-11-25-26(15-19)36-14-13-35-25)29-28(32)23-17-31(20-7-5-4-6-8-20)30-27(23)22-16-21(33-2)10-12-24(22)34-3/h4-12,15-18H,13-14H2,1-3H3,(H,29,32)/t18-/m0/s1. The largest absolute Gasteiger partial charge is 0.497 e. The lowest BCUT2D eigenvalue weighted by atomic mass is 10.0. The molecule has 0 saturated carbocycles. The first-order valence-electron chi connectivity index (χ1n) is 11.7. The van der Waals surface area contributed by atoms with Gasteiger partial charge in [-0.3, -0.25) is 4.79 Å². The van der Waals surface area contributed by atoms with Crippen molar-refractivity contribution in [1.29, 1.82) is 0 Å². The molecule has 2 heterocycles. The van der Waals surface area contributed by atoms with Gasteiger partial charge >= 0.3 is 0 Å². The molecule has 1 atom stereocenters. The third-order valence-corrected chi connectivity index (χ3v) is 6.06. The highest BCUT2D eigenvalue weighted by Gasteiger charge is 2.24. The molecule has 184 valence electrons. The number of carbonyl (C=O) groups excluding carboxylic acids is 1. The Labute approximate surface area is 209 Å². The number of para-hydroxylation sites is 1. The van der Waals surface area contributed by atoms with Crippen molar-refractivity contribution >= 4 is 5.91 Å². The van der Waals surface area contributed by atoms with E-state index in [1.54, 1.807) is 37.2 Å². The number of methoxy groups -OCH3 is 2. The highest BCUT2D eigenvalue weighted by Crippen LogP contribution is 2.36. The lowest BCUT2D eigenvalue weighted by Gasteiger charge is -2.21. The van der Waals surface area contributed by atoms with E-state index in [4.69, 9.17) is 24.0 Å². The number of amides is 1. The summed E-state index contributed by atoms with van der Waals surface area (Å²) < 4.78 is 24.0. The fourth-order valence-electron chi connectivity index (χ4n) is 4.14. The molecule has 8 nitrogen and oxygen atoms in total. The monoisotopic (exact) mass is 485 g/mol. The zero-order chi connectivity index (χ0) is 25.1. The molecule has 36 heavy (non-hydrogen) atoms. The average molecular weight is 486 g/mol. The van der Waals surface area contributed by atoms with E-state index >= 15 is 0 Å². The van der Waals surface area contributed by atoms with E-state index in [1.165, 1.54) is 0 Å². The molecule has 1 aliphatic heterocycles. The summed E-state index contributed by atoms with van der Waals surface area (Å²) in [6, 6.07) is 20.5. The minimum atomic E-state index is -0.284. The highest BCUT2D eigenvalue weighted by molar-refractivity contribution is 6.00. The van der Waals surface area contributed by atoms with Gasteiger partial charge in [0.25, 0.3) is 5.91 Å². The number of benzene rings is 3. The number of nitrogens with zero attached hydrogens (tertiary/aromatic N) is 2. The van der Waals surface area contributed by atoms with E-state index in [-0.39, 0.29) is 11.9 Å². The van der Waals surface area contributed by atoms with Gasteiger partial charge in [0.1, 0.15) is 30.4 Å². The van der Waals surface area contributed by atoms with Crippen LogP contribution in [0.25, 0.3) is 16.9 Å². The first-order chi connectivity index (χ1) is 17.6. The van der Waals surface area contributed by atoms with Crippen LogP contribution in [0.15, 0.2) is 72.9 Å². The molecule has 0 saturated heterocycles.